The summed E-state index contributed by atoms with van der Waals surface area (Å²) in [6, 6.07) is 0. The number of rotatable bonds is 8. The van der Waals surface area contributed by atoms with Gasteiger partial charge in [0.15, 0.2) is 5.79 Å². The Kier molecular flexibility index (Phi) is 7.11. The Hall–Kier alpha value is -1.14. The molecular formula is C15H26O6. The molecule has 6 heteroatoms. The molecule has 0 spiro atoms. The molecule has 0 radical (unpaired) electrons. The zero-order valence-electron chi connectivity index (χ0n) is 13.3. The van der Waals surface area contributed by atoms with Crippen molar-refractivity contribution in [2.24, 2.45) is 0 Å². The predicted molar refractivity (Wildman–Crippen MR) is 75.6 cm³/mol. The number of ether oxygens (including phenoxy) is 4. The Bertz CT molecular complexity index is 320. The molecule has 1 saturated heterocycles. The van der Waals surface area contributed by atoms with E-state index in [0.717, 1.165) is 0 Å². The maximum absolute atomic E-state index is 11.4. The second kappa shape index (κ2) is 8.34. The van der Waals surface area contributed by atoms with Crippen LogP contribution in [0.1, 0.15) is 53.4 Å². The van der Waals surface area contributed by atoms with E-state index in [2.05, 4.69) is 0 Å². The van der Waals surface area contributed by atoms with Crippen LogP contribution < -0.4 is 0 Å². The Morgan fingerprint density at radius 3 is 1.62 bits per heavy atom. The highest BCUT2D eigenvalue weighted by Crippen LogP contribution is 2.33. The van der Waals surface area contributed by atoms with Crippen LogP contribution in [0.4, 0.5) is 0 Å². The third-order valence-electron chi connectivity index (χ3n) is 3.16. The Morgan fingerprint density at radius 2 is 1.29 bits per heavy atom. The van der Waals surface area contributed by atoms with E-state index < -0.39 is 5.79 Å². The van der Waals surface area contributed by atoms with Crippen molar-refractivity contribution in [2.45, 2.75) is 71.4 Å². The van der Waals surface area contributed by atoms with E-state index in [-0.39, 0.29) is 37.0 Å². The van der Waals surface area contributed by atoms with Crippen LogP contribution in [0.25, 0.3) is 0 Å². The molecule has 2 unspecified atom stereocenters. The lowest BCUT2D eigenvalue weighted by Crippen LogP contribution is -2.25. The minimum Gasteiger partial charge on any atom is -0.466 e. The van der Waals surface area contributed by atoms with Crippen LogP contribution in [0.3, 0.4) is 0 Å². The van der Waals surface area contributed by atoms with Gasteiger partial charge in [-0.1, -0.05) is 0 Å². The van der Waals surface area contributed by atoms with Crippen LogP contribution in [-0.2, 0) is 28.5 Å². The largest absolute Gasteiger partial charge is 0.466 e. The predicted octanol–water partition coefficient (Wildman–Crippen LogP) is 2.19. The standard InChI is InChI=1S/C15H26O6/c1-5-18-13(16)9-7-11-12(21-15(3,4)20-11)8-10-14(17)19-6-2/h11-12H,5-10H2,1-4H3. The second-order valence-corrected chi connectivity index (χ2v) is 5.40. The molecule has 21 heavy (non-hydrogen) atoms. The number of carbonyl (C=O) groups excluding carboxylic acids is 2. The smallest absolute Gasteiger partial charge is 0.305 e. The van der Waals surface area contributed by atoms with Gasteiger partial charge in [-0.2, -0.15) is 0 Å². The van der Waals surface area contributed by atoms with Crippen molar-refractivity contribution in [3.8, 4) is 0 Å². The molecule has 0 aromatic carbocycles. The first kappa shape index (κ1) is 17.9. The van der Waals surface area contributed by atoms with Crippen molar-refractivity contribution in [3.63, 3.8) is 0 Å². The van der Waals surface area contributed by atoms with Gasteiger partial charge in [0.2, 0.25) is 0 Å². The third kappa shape index (κ3) is 6.44. The van der Waals surface area contributed by atoms with Crippen LogP contribution >= 0.6 is 0 Å². The van der Waals surface area contributed by atoms with Crippen molar-refractivity contribution in [1.82, 2.24) is 0 Å². The molecule has 0 amide bonds. The van der Waals surface area contributed by atoms with Crippen LogP contribution in [0.15, 0.2) is 0 Å². The fraction of sp³-hybridized carbons (Fsp3) is 0.867. The Balaban J connectivity index is 2.46. The first-order valence-electron chi connectivity index (χ1n) is 7.54. The van der Waals surface area contributed by atoms with E-state index in [0.29, 0.717) is 26.1 Å². The molecule has 1 heterocycles. The summed E-state index contributed by atoms with van der Waals surface area (Å²) in [5.41, 5.74) is 0. The molecule has 1 aliphatic rings. The van der Waals surface area contributed by atoms with Gasteiger partial charge < -0.3 is 18.9 Å². The lowest BCUT2D eigenvalue weighted by atomic mass is 10.0. The zero-order chi connectivity index (χ0) is 15.9. The summed E-state index contributed by atoms with van der Waals surface area (Å²) in [6.07, 6.45) is 1.20. The molecule has 122 valence electrons. The average Bonchev–Trinajstić information content (AvgIpc) is 2.69. The highest BCUT2D eigenvalue weighted by Gasteiger charge is 2.41. The van der Waals surface area contributed by atoms with Crippen molar-refractivity contribution >= 4 is 11.9 Å². The summed E-state index contributed by atoms with van der Waals surface area (Å²) in [6.45, 7) is 7.96. The SMILES string of the molecule is CCOC(=O)CCC1OC(C)(C)OC1CCC(=O)OCC. The molecule has 0 aliphatic carbocycles. The van der Waals surface area contributed by atoms with Gasteiger partial charge in [-0.05, 0) is 40.5 Å². The number of carbonyl (C=O) groups is 2. The normalized spacial score (nSPS) is 23.8. The molecule has 0 saturated carbocycles. The minimum absolute atomic E-state index is 0.209. The van der Waals surface area contributed by atoms with Crippen LogP contribution in [0.5, 0.6) is 0 Å². The van der Waals surface area contributed by atoms with Gasteiger partial charge in [0.05, 0.1) is 25.4 Å². The molecule has 0 aromatic rings. The van der Waals surface area contributed by atoms with Crippen LogP contribution in [-0.4, -0.2) is 43.1 Å². The third-order valence-corrected chi connectivity index (χ3v) is 3.16. The maximum Gasteiger partial charge on any atom is 0.305 e. The van der Waals surface area contributed by atoms with E-state index in [9.17, 15) is 9.59 Å². The fourth-order valence-electron chi connectivity index (χ4n) is 2.38. The molecule has 6 nitrogen and oxygen atoms in total. The lowest BCUT2D eigenvalue weighted by molar-refractivity contribution is -0.152. The average molecular weight is 302 g/mol. The highest BCUT2D eigenvalue weighted by molar-refractivity contribution is 5.69. The summed E-state index contributed by atoms with van der Waals surface area (Å²) < 4.78 is 21.4. The van der Waals surface area contributed by atoms with E-state index >= 15 is 0 Å². The molecule has 0 bridgehead atoms. The summed E-state index contributed by atoms with van der Waals surface area (Å²) in [5, 5.41) is 0. The van der Waals surface area contributed by atoms with Crippen LogP contribution in [0.2, 0.25) is 0 Å². The molecule has 1 fully saturated rings. The van der Waals surface area contributed by atoms with Crippen molar-refractivity contribution in [2.75, 3.05) is 13.2 Å². The summed E-state index contributed by atoms with van der Waals surface area (Å²) in [5.74, 6) is -1.18. The van der Waals surface area contributed by atoms with Crippen molar-refractivity contribution < 1.29 is 28.5 Å². The molecule has 2 atom stereocenters. The van der Waals surface area contributed by atoms with E-state index in [1.54, 1.807) is 13.8 Å². The topological polar surface area (TPSA) is 71.1 Å². The monoisotopic (exact) mass is 302 g/mol. The van der Waals surface area contributed by atoms with Gasteiger partial charge in [0.1, 0.15) is 0 Å². The Morgan fingerprint density at radius 1 is 0.905 bits per heavy atom. The Labute approximate surface area is 126 Å². The summed E-state index contributed by atoms with van der Waals surface area (Å²) >= 11 is 0. The molecule has 1 rings (SSSR count). The number of hydrogen-bond acceptors (Lipinski definition) is 6. The first-order chi connectivity index (χ1) is 9.88. The zero-order valence-corrected chi connectivity index (χ0v) is 13.3. The van der Waals surface area contributed by atoms with Crippen molar-refractivity contribution in [3.05, 3.63) is 0 Å². The van der Waals surface area contributed by atoms with Gasteiger partial charge in [0.25, 0.3) is 0 Å². The molecule has 1 aliphatic heterocycles. The van der Waals surface area contributed by atoms with Gasteiger partial charge in [-0.25, -0.2) is 0 Å². The minimum atomic E-state index is -0.696. The van der Waals surface area contributed by atoms with Gasteiger partial charge in [0, 0.05) is 12.8 Å². The highest BCUT2D eigenvalue weighted by atomic mass is 16.7. The van der Waals surface area contributed by atoms with Gasteiger partial charge >= 0.3 is 11.9 Å². The van der Waals surface area contributed by atoms with Gasteiger partial charge in [-0.15, -0.1) is 0 Å². The molecule has 0 aromatic heterocycles. The van der Waals surface area contributed by atoms with Crippen LogP contribution in [0, 0.1) is 0 Å². The molecule has 0 N–H and O–H groups in total. The van der Waals surface area contributed by atoms with Gasteiger partial charge in [-0.3, -0.25) is 9.59 Å². The quantitative estimate of drug-likeness (QED) is 0.640. The maximum atomic E-state index is 11.4. The number of hydrogen-bond donors (Lipinski definition) is 0. The van der Waals surface area contributed by atoms with E-state index in [1.807, 2.05) is 13.8 Å². The number of esters is 2. The summed E-state index contributed by atoms with van der Waals surface area (Å²) in [7, 11) is 0. The van der Waals surface area contributed by atoms with E-state index in [4.69, 9.17) is 18.9 Å². The first-order valence-corrected chi connectivity index (χ1v) is 7.54. The summed E-state index contributed by atoms with van der Waals surface area (Å²) in [4.78, 5) is 22.9. The molecular weight excluding hydrogens is 276 g/mol. The second-order valence-electron chi connectivity index (χ2n) is 5.40. The van der Waals surface area contributed by atoms with E-state index in [1.165, 1.54) is 0 Å². The van der Waals surface area contributed by atoms with Crippen molar-refractivity contribution in [1.29, 1.82) is 0 Å². The fourth-order valence-corrected chi connectivity index (χ4v) is 2.38. The lowest BCUT2D eigenvalue weighted by Gasteiger charge is -2.16.